The van der Waals surface area contributed by atoms with Gasteiger partial charge < -0.3 is 10.6 Å². The van der Waals surface area contributed by atoms with Gasteiger partial charge in [-0.2, -0.15) is 0 Å². The number of nitrogens with one attached hydrogen (secondary N) is 2. The summed E-state index contributed by atoms with van der Waals surface area (Å²) in [4.78, 5) is 12.0. The number of amides is 2. The van der Waals surface area contributed by atoms with E-state index in [1.807, 2.05) is 6.92 Å². The van der Waals surface area contributed by atoms with Crippen LogP contribution in [0.2, 0.25) is 0 Å². The molecule has 1 heterocycles. The largest absolute Gasteiger partial charge is 0.335 e. The van der Waals surface area contributed by atoms with Crippen LogP contribution in [0.25, 0.3) is 0 Å². The van der Waals surface area contributed by atoms with Gasteiger partial charge in [0, 0.05) is 25.2 Å². The topological polar surface area (TPSA) is 78.5 Å². The standard InChI is InChI=1S/C15H29N3O3S/c1-2-12-22(20,21)18-10-8-14(9-11-18)17-15(19)16-13-6-4-3-5-7-13/h13-14H,2-12H2,1H3,(H2,16,17,19). The summed E-state index contributed by atoms with van der Waals surface area (Å²) < 4.78 is 25.6. The maximum atomic E-state index is 12.0. The van der Waals surface area contributed by atoms with Gasteiger partial charge >= 0.3 is 6.03 Å². The van der Waals surface area contributed by atoms with Gasteiger partial charge in [-0.3, -0.25) is 0 Å². The summed E-state index contributed by atoms with van der Waals surface area (Å²) >= 11 is 0. The number of hydrogen-bond acceptors (Lipinski definition) is 3. The number of rotatable bonds is 5. The van der Waals surface area contributed by atoms with Gasteiger partial charge in [0.1, 0.15) is 0 Å². The van der Waals surface area contributed by atoms with E-state index in [0.717, 1.165) is 12.8 Å². The van der Waals surface area contributed by atoms with E-state index in [2.05, 4.69) is 10.6 Å². The summed E-state index contributed by atoms with van der Waals surface area (Å²) in [5, 5.41) is 6.04. The van der Waals surface area contributed by atoms with E-state index in [9.17, 15) is 13.2 Å². The first-order valence-electron chi connectivity index (χ1n) is 8.56. The Hall–Kier alpha value is -0.820. The van der Waals surface area contributed by atoms with E-state index in [-0.39, 0.29) is 17.8 Å². The van der Waals surface area contributed by atoms with Crippen molar-refractivity contribution in [1.82, 2.24) is 14.9 Å². The number of carbonyl (C=O) groups excluding carboxylic acids is 1. The lowest BCUT2D eigenvalue weighted by Crippen LogP contribution is -2.51. The monoisotopic (exact) mass is 331 g/mol. The molecule has 0 atom stereocenters. The van der Waals surface area contributed by atoms with Crippen molar-refractivity contribution in [3.8, 4) is 0 Å². The fraction of sp³-hybridized carbons (Fsp3) is 0.933. The van der Waals surface area contributed by atoms with E-state index in [0.29, 0.717) is 38.4 Å². The Bertz CT molecular complexity index is 453. The summed E-state index contributed by atoms with van der Waals surface area (Å²) in [5.41, 5.74) is 0. The zero-order chi connectivity index (χ0) is 16.0. The third-order valence-corrected chi connectivity index (χ3v) is 6.66. The highest BCUT2D eigenvalue weighted by molar-refractivity contribution is 7.89. The molecule has 0 aromatic rings. The predicted octanol–water partition coefficient (Wildman–Crippen LogP) is 1.82. The van der Waals surface area contributed by atoms with Gasteiger partial charge in [-0.1, -0.05) is 26.2 Å². The Morgan fingerprint density at radius 1 is 1.00 bits per heavy atom. The highest BCUT2D eigenvalue weighted by atomic mass is 32.2. The normalized spacial score (nSPS) is 22.4. The van der Waals surface area contributed by atoms with Crippen LogP contribution in [0, 0.1) is 0 Å². The molecule has 0 aromatic heterocycles. The zero-order valence-electron chi connectivity index (χ0n) is 13.5. The fourth-order valence-corrected chi connectivity index (χ4v) is 4.87. The van der Waals surface area contributed by atoms with Crippen molar-refractivity contribution >= 4 is 16.1 Å². The molecule has 2 aliphatic rings. The van der Waals surface area contributed by atoms with Crippen molar-refractivity contribution in [2.45, 2.75) is 70.4 Å². The number of piperidine rings is 1. The van der Waals surface area contributed by atoms with Crippen molar-refractivity contribution in [2.24, 2.45) is 0 Å². The average Bonchev–Trinajstić information content (AvgIpc) is 2.48. The molecule has 1 aliphatic heterocycles. The number of sulfonamides is 1. The first kappa shape index (κ1) is 17.5. The molecular formula is C15H29N3O3S. The van der Waals surface area contributed by atoms with Crippen LogP contribution >= 0.6 is 0 Å². The van der Waals surface area contributed by atoms with Crippen LogP contribution in [0.15, 0.2) is 0 Å². The van der Waals surface area contributed by atoms with Crippen LogP contribution in [-0.4, -0.2) is 49.7 Å². The molecule has 0 spiro atoms. The van der Waals surface area contributed by atoms with Crippen molar-refractivity contribution in [1.29, 1.82) is 0 Å². The summed E-state index contributed by atoms with van der Waals surface area (Å²) in [6, 6.07) is 0.289. The Balaban J connectivity index is 1.71. The van der Waals surface area contributed by atoms with Gasteiger partial charge in [-0.25, -0.2) is 17.5 Å². The fourth-order valence-electron chi connectivity index (χ4n) is 3.32. The molecule has 1 saturated heterocycles. The van der Waals surface area contributed by atoms with E-state index >= 15 is 0 Å². The number of carbonyl (C=O) groups is 1. The van der Waals surface area contributed by atoms with Crippen LogP contribution in [0.3, 0.4) is 0 Å². The van der Waals surface area contributed by atoms with Crippen LogP contribution in [-0.2, 0) is 10.0 Å². The van der Waals surface area contributed by atoms with Crippen molar-refractivity contribution in [3.05, 3.63) is 0 Å². The highest BCUT2D eigenvalue weighted by Gasteiger charge is 2.28. The Labute approximate surface area is 134 Å². The Morgan fingerprint density at radius 2 is 1.55 bits per heavy atom. The quantitative estimate of drug-likeness (QED) is 0.806. The second kappa shape index (κ2) is 8.15. The summed E-state index contributed by atoms with van der Waals surface area (Å²) in [7, 11) is -3.10. The zero-order valence-corrected chi connectivity index (χ0v) is 14.3. The molecule has 2 amide bonds. The molecule has 0 aromatic carbocycles. The van der Waals surface area contributed by atoms with Gasteiger partial charge in [0.25, 0.3) is 0 Å². The van der Waals surface area contributed by atoms with Crippen LogP contribution in [0.5, 0.6) is 0 Å². The first-order valence-corrected chi connectivity index (χ1v) is 10.2. The number of urea groups is 1. The van der Waals surface area contributed by atoms with Crippen LogP contribution in [0.1, 0.15) is 58.3 Å². The highest BCUT2D eigenvalue weighted by Crippen LogP contribution is 2.18. The second-order valence-electron chi connectivity index (χ2n) is 6.44. The predicted molar refractivity (Wildman–Crippen MR) is 87.2 cm³/mol. The van der Waals surface area contributed by atoms with Crippen molar-refractivity contribution in [2.75, 3.05) is 18.8 Å². The lowest BCUT2D eigenvalue weighted by Gasteiger charge is -2.32. The van der Waals surface area contributed by atoms with Gasteiger partial charge in [-0.05, 0) is 32.1 Å². The third-order valence-electron chi connectivity index (χ3n) is 4.59. The Kier molecular flexibility index (Phi) is 6.50. The maximum absolute atomic E-state index is 12.0. The lowest BCUT2D eigenvalue weighted by molar-refractivity contribution is 0.220. The van der Waals surface area contributed by atoms with E-state index in [1.165, 1.54) is 19.3 Å². The second-order valence-corrected chi connectivity index (χ2v) is 8.53. The first-order chi connectivity index (χ1) is 10.5. The molecule has 0 bridgehead atoms. The molecule has 2 N–H and O–H groups in total. The van der Waals surface area contributed by atoms with Gasteiger partial charge in [-0.15, -0.1) is 0 Å². The molecule has 6 nitrogen and oxygen atoms in total. The number of nitrogens with zero attached hydrogens (tertiary/aromatic N) is 1. The van der Waals surface area contributed by atoms with Crippen LogP contribution in [0.4, 0.5) is 4.79 Å². The molecule has 2 rings (SSSR count). The van der Waals surface area contributed by atoms with Crippen LogP contribution < -0.4 is 10.6 Å². The SMILES string of the molecule is CCCS(=O)(=O)N1CCC(NC(=O)NC2CCCCC2)CC1. The van der Waals surface area contributed by atoms with E-state index in [1.54, 1.807) is 4.31 Å². The summed E-state index contributed by atoms with van der Waals surface area (Å²) in [6.45, 7) is 2.90. The van der Waals surface area contributed by atoms with Gasteiger partial charge in [0.15, 0.2) is 0 Å². The minimum Gasteiger partial charge on any atom is -0.335 e. The molecular weight excluding hydrogens is 302 g/mol. The minimum absolute atomic E-state index is 0.0802. The minimum atomic E-state index is -3.10. The average molecular weight is 331 g/mol. The molecule has 0 radical (unpaired) electrons. The molecule has 0 unspecified atom stereocenters. The summed E-state index contributed by atoms with van der Waals surface area (Å²) in [5.74, 6) is 0.216. The smallest absolute Gasteiger partial charge is 0.315 e. The van der Waals surface area contributed by atoms with E-state index < -0.39 is 10.0 Å². The van der Waals surface area contributed by atoms with E-state index in [4.69, 9.17) is 0 Å². The molecule has 7 heteroatoms. The molecule has 1 aliphatic carbocycles. The summed E-state index contributed by atoms with van der Waals surface area (Å²) in [6.07, 6.45) is 7.83. The van der Waals surface area contributed by atoms with Crippen molar-refractivity contribution < 1.29 is 13.2 Å². The van der Waals surface area contributed by atoms with Gasteiger partial charge in [0.2, 0.25) is 10.0 Å². The number of hydrogen-bond donors (Lipinski definition) is 2. The molecule has 2 fully saturated rings. The maximum Gasteiger partial charge on any atom is 0.315 e. The van der Waals surface area contributed by atoms with Crippen molar-refractivity contribution in [3.63, 3.8) is 0 Å². The lowest BCUT2D eigenvalue weighted by atomic mass is 9.96. The molecule has 128 valence electrons. The van der Waals surface area contributed by atoms with Gasteiger partial charge in [0.05, 0.1) is 5.75 Å². The Morgan fingerprint density at radius 3 is 2.09 bits per heavy atom. The molecule has 22 heavy (non-hydrogen) atoms. The molecule has 1 saturated carbocycles. The third kappa shape index (κ3) is 5.12.